The molecule has 1 saturated heterocycles. The number of likely N-dealkylation sites (N-methyl/N-ethyl adjacent to an activating group) is 1. The van der Waals surface area contributed by atoms with E-state index in [-0.39, 0.29) is 29.9 Å². The molecule has 41 heavy (non-hydrogen) atoms. The molecule has 1 unspecified atom stereocenters. The van der Waals surface area contributed by atoms with Gasteiger partial charge >= 0.3 is 5.97 Å². The maximum atomic E-state index is 13.8. The molecule has 11 heteroatoms. The summed E-state index contributed by atoms with van der Waals surface area (Å²) in [6, 6.07) is -0.731. The first-order valence-corrected chi connectivity index (χ1v) is 13.6. The van der Waals surface area contributed by atoms with E-state index in [0.29, 0.717) is 57.9 Å². The van der Waals surface area contributed by atoms with E-state index in [0.717, 1.165) is 5.56 Å². The number of methoxy groups -OCH3 is 4. The van der Waals surface area contributed by atoms with Crippen molar-refractivity contribution in [3.8, 4) is 40.6 Å². The molecule has 3 heterocycles. The molecule has 0 spiro atoms. The van der Waals surface area contributed by atoms with Gasteiger partial charge in [0.05, 0.1) is 47.2 Å². The van der Waals surface area contributed by atoms with Crippen LogP contribution in [0.5, 0.6) is 34.5 Å². The van der Waals surface area contributed by atoms with E-state index in [1.54, 1.807) is 21.0 Å². The molecular formula is C30H37N3O8. The maximum absolute atomic E-state index is 13.8. The molecule has 0 amide bonds. The van der Waals surface area contributed by atoms with Gasteiger partial charge in [-0.3, -0.25) is 9.80 Å². The highest BCUT2D eigenvalue weighted by atomic mass is 16.5. The van der Waals surface area contributed by atoms with Crippen molar-refractivity contribution in [2.75, 3.05) is 42.1 Å². The molecule has 0 aromatic heterocycles. The second kappa shape index (κ2) is 10.5. The SMILES string of the molecule is CCOC(=O)C1c2c(O)c(OC)c(C)c(OC)c2C[C@H]2[C@H]3c4c(O)c(OC)c(C)c(OC)c4C[C@@H]([C@H](C#N)N12)N3C. The Morgan fingerprint density at radius 3 is 1.85 bits per heavy atom. The van der Waals surface area contributed by atoms with Crippen molar-refractivity contribution in [2.24, 2.45) is 0 Å². The molecule has 11 nitrogen and oxygen atoms in total. The Balaban J connectivity index is 1.86. The Bertz CT molecular complexity index is 1450. The highest BCUT2D eigenvalue weighted by Gasteiger charge is 2.58. The van der Waals surface area contributed by atoms with Crippen molar-refractivity contribution in [1.82, 2.24) is 9.80 Å². The van der Waals surface area contributed by atoms with E-state index >= 15 is 0 Å². The van der Waals surface area contributed by atoms with Gasteiger partial charge in [-0.05, 0) is 40.7 Å². The van der Waals surface area contributed by atoms with Crippen LogP contribution < -0.4 is 18.9 Å². The fourth-order valence-electron chi connectivity index (χ4n) is 7.53. The van der Waals surface area contributed by atoms with Crippen LogP contribution in [0.1, 0.15) is 52.4 Å². The van der Waals surface area contributed by atoms with Crippen LogP contribution in [0.4, 0.5) is 0 Å². The minimum Gasteiger partial charge on any atom is -0.504 e. The van der Waals surface area contributed by atoms with Crippen LogP contribution in [-0.4, -0.2) is 86.2 Å². The van der Waals surface area contributed by atoms with E-state index in [1.165, 1.54) is 21.3 Å². The summed E-state index contributed by atoms with van der Waals surface area (Å²) in [6.07, 6.45) is 0.699. The van der Waals surface area contributed by atoms with Crippen molar-refractivity contribution in [2.45, 2.75) is 63.8 Å². The summed E-state index contributed by atoms with van der Waals surface area (Å²) in [6.45, 7) is 5.44. The van der Waals surface area contributed by atoms with Gasteiger partial charge in [0.1, 0.15) is 23.6 Å². The molecule has 3 aliphatic rings. The molecule has 2 N–H and O–H groups in total. The number of fused-ring (bicyclic) bond motifs is 7. The third-order valence-electron chi connectivity index (χ3n) is 9.05. The number of rotatable bonds is 6. The highest BCUT2D eigenvalue weighted by molar-refractivity contribution is 5.82. The summed E-state index contributed by atoms with van der Waals surface area (Å²) < 4.78 is 28.4. The lowest BCUT2D eigenvalue weighted by Gasteiger charge is -2.59. The molecule has 220 valence electrons. The summed E-state index contributed by atoms with van der Waals surface area (Å²) in [5.74, 6) is 0.844. The van der Waals surface area contributed by atoms with Crippen LogP contribution in [0.15, 0.2) is 0 Å². The third-order valence-corrected chi connectivity index (χ3v) is 9.05. The average molecular weight is 568 g/mol. The summed E-state index contributed by atoms with van der Waals surface area (Å²) in [7, 11) is 7.99. The van der Waals surface area contributed by atoms with Gasteiger partial charge in [-0.1, -0.05) is 0 Å². The molecule has 5 rings (SSSR count). The van der Waals surface area contributed by atoms with Gasteiger partial charge in [0.2, 0.25) is 0 Å². The van der Waals surface area contributed by atoms with Gasteiger partial charge in [-0.15, -0.1) is 0 Å². The molecule has 2 aromatic carbocycles. The quantitative estimate of drug-likeness (QED) is 0.499. The molecule has 0 aliphatic carbocycles. The lowest BCUT2D eigenvalue weighted by Crippen LogP contribution is -2.68. The number of nitrogens with zero attached hydrogens (tertiary/aromatic N) is 3. The molecule has 2 bridgehead atoms. The summed E-state index contributed by atoms with van der Waals surface area (Å²) in [5.41, 5.74) is 3.65. The van der Waals surface area contributed by atoms with Crippen LogP contribution >= 0.6 is 0 Å². The van der Waals surface area contributed by atoms with Crippen molar-refractivity contribution in [1.29, 1.82) is 5.26 Å². The number of phenols is 2. The second-order valence-electron chi connectivity index (χ2n) is 10.7. The van der Waals surface area contributed by atoms with E-state index in [1.807, 2.05) is 18.9 Å². The fourth-order valence-corrected chi connectivity index (χ4v) is 7.53. The Labute approximate surface area is 239 Å². The standard InChI is InChI=1S/C30H37N3O8/c1-9-41-30(36)23-21-16(27(38-6)14(3)29(40-8)25(21)35)11-18-22-20-15(10-17(32(22)4)19(12-31)33(18)23)26(37-5)13(2)28(39-7)24(20)34/h17-19,22-23,34-35H,9-11H2,1-8H3/t17-,18-,19-,22-,23?/m0/s1. The summed E-state index contributed by atoms with van der Waals surface area (Å²) in [5, 5.41) is 33.8. The number of benzene rings is 2. The first kappa shape index (κ1) is 28.6. The first-order chi connectivity index (χ1) is 19.6. The summed E-state index contributed by atoms with van der Waals surface area (Å²) in [4.78, 5) is 17.8. The summed E-state index contributed by atoms with van der Waals surface area (Å²) >= 11 is 0. The Kier molecular flexibility index (Phi) is 7.34. The number of aromatic hydroxyl groups is 2. The van der Waals surface area contributed by atoms with Gasteiger partial charge < -0.3 is 33.9 Å². The van der Waals surface area contributed by atoms with Crippen LogP contribution in [0, 0.1) is 25.2 Å². The number of nitriles is 1. The van der Waals surface area contributed by atoms with E-state index in [4.69, 9.17) is 23.7 Å². The first-order valence-electron chi connectivity index (χ1n) is 13.6. The predicted octanol–water partition coefficient (Wildman–Crippen LogP) is 3.08. The minimum atomic E-state index is -1.12. The van der Waals surface area contributed by atoms with Crippen molar-refractivity contribution >= 4 is 5.97 Å². The molecule has 5 atom stereocenters. The second-order valence-corrected chi connectivity index (χ2v) is 10.7. The van der Waals surface area contributed by atoms with E-state index in [2.05, 4.69) is 11.0 Å². The van der Waals surface area contributed by atoms with Gasteiger partial charge in [0.15, 0.2) is 23.0 Å². The molecule has 3 aliphatic heterocycles. The largest absolute Gasteiger partial charge is 0.504 e. The van der Waals surface area contributed by atoms with E-state index in [9.17, 15) is 20.3 Å². The number of carbonyl (C=O) groups is 1. The van der Waals surface area contributed by atoms with Crippen molar-refractivity contribution < 1.29 is 38.7 Å². The normalized spacial score (nSPS) is 24.8. The lowest BCUT2D eigenvalue weighted by molar-refractivity contribution is -0.159. The van der Waals surface area contributed by atoms with Crippen LogP contribution in [0.25, 0.3) is 0 Å². The van der Waals surface area contributed by atoms with Crippen LogP contribution in [0.2, 0.25) is 0 Å². The van der Waals surface area contributed by atoms with Gasteiger partial charge in [0, 0.05) is 45.5 Å². The number of carbonyl (C=O) groups excluding carboxylic acids is 1. The maximum Gasteiger partial charge on any atom is 0.328 e. The van der Waals surface area contributed by atoms with Gasteiger partial charge in [-0.25, -0.2) is 4.79 Å². The fraction of sp³-hybridized carbons (Fsp3) is 0.533. The molecule has 0 radical (unpaired) electrons. The van der Waals surface area contributed by atoms with Crippen molar-refractivity contribution in [3.63, 3.8) is 0 Å². The number of phenolic OH excluding ortho intramolecular Hbond substituents is 2. The highest BCUT2D eigenvalue weighted by Crippen LogP contribution is 2.59. The molecule has 2 aromatic rings. The lowest BCUT2D eigenvalue weighted by atomic mass is 9.71. The van der Waals surface area contributed by atoms with Crippen molar-refractivity contribution in [3.05, 3.63) is 33.4 Å². The molecule has 0 saturated carbocycles. The number of hydrogen-bond acceptors (Lipinski definition) is 11. The number of esters is 1. The van der Waals surface area contributed by atoms with Gasteiger partial charge in [0.25, 0.3) is 0 Å². The zero-order chi connectivity index (χ0) is 29.9. The Morgan fingerprint density at radius 1 is 0.878 bits per heavy atom. The minimum absolute atomic E-state index is 0.00524. The van der Waals surface area contributed by atoms with Crippen LogP contribution in [-0.2, 0) is 22.4 Å². The van der Waals surface area contributed by atoms with Crippen LogP contribution in [0.3, 0.4) is 0 Å². The number of ether oxygens (including phenoxy) is 5. The average Bonchev–Trinajstić information content (AvgIpc) is 2.94. The van der Waals surface area contributed by atoms with E-state index < -0.39 is 30.1 Å². The third kappa shape index (κ3) is 3.81. The topological polar surface area (TPSA) is 134 Å². The zero-order valence-corrected chi connectivity index (χ0v) is 24.7. The Morgan fingerprint density at radius 2 is 1.37 bits per heavy atom. The smallest absolute Gasteiger partial charge is 0.328 e. The molecule has 1 fully saturated rings. The predicted molar refractivity (Wildman–Crippen MR) is 148 cm³/mol. The number of hydrogen-bond donors (Lipinski definition) is 2. The molecular weight excluding hydrogens is 530 g/mol. The Hall–Kier alpha value is -3.88. The monoisotopic (exact) mass is 567 g/mol. The van der Waals surface area contributed by atoms with Gasteiger partial charge in [-0.2, -0.15) is 5.26 Å². The zero-order valence-electron chi connectivity index (χ0n) is 24.7. The number of piperazine rings is 1.